The summed E-state index contributed by atoms with van der Waals surface area (Å²) in [6.45, 7) is 2.01. The van der Waals surface area contributed by atoms with Crippen LogP contribution in [0.2, 0.25) is 15.1 Å². The molecule has 0 saturated carbocycles. The van der Waals surface area contributed by atoms with Crippen LogP contribution in [0.15, 0.2) is 54.6 Å². The van der Waals surface area contributed by atoms with Crippen LogP contribution in [-0.4, -0.2) is 5.91 Å². The Bertz CT molecular complexity index is 1110. The molecular formula is C23H18Cl3F3N2O. The number of alkyl halides is 3. The van der Waals surface area contributed by atoms with E-state index in [1.54, 1.807) is 12.1 Å². The Labute approximate surface area is 198 Å². The minimum absolute atomic E-state index is 0.0491. The fourth-order valence-corrected chi connectivity index (χ4v) is 3.95. The lowest BCUT2D eigenvalue weighted by molar-refractivity contribution is -0.137. The number of halogens is 6. The number of carbonyl (C=O) groups excluding carboxylic acids is 1. The maximum absolute atomic E-state index is 12.7. The molecule has 1 amide bonds. The zero-order chi connectivity index (χ0) is 23.5. The van der Waals surface area contributed by atoms with Crippen molar-refractivity contribution in [3.05, 3.63) is 91.9 Å². The van der Waals surface area contributed by atoms with E-state index in [0.717, 1.165) is 17.7 Å². The Balaban J connectivity index is 1.71. The van der Waals surface area contributed by atoms with Crippen molar-refractivity contribution in [1.82, 2.24) is 5.32 Å². The van der Waals surface area contributed by atoms with Gasteiger partial charge in [-0.15, -0.1) is 0 Å². The standard InChI is InChI=1S/C23H18Cl3F3N2O/c1-13-2-7-20(31-22-18(25)10-17(24)11-19(22)26)15(8-13)9-21(32)30-12-14-3-5-16(6-4-14)23(27,28)29/h2-8,10-11,31H,9,12H2,1H3,(H,30,32). The molecule has 0 spiro atoms. The largest absolute Gasteiger partial charge is 0.416 e. The van der Waals surface area contributed by atoms with Gasteiger partial charge in [0.2, 0.25) is 5.91 Å². The Morgan fingerprint density at radius 1 is 0.938 bits per heavy atom. The Hall–Kier alpha value is -2.41. The number of rotatable bonds is 6. The third-order valence-electron chi connectivity index (χ3n) is 4.65. The van der Waals surface area contributed by atoms with E-state index in [1.807, 2.05) is 25.1 Å². The Morgan fingerprint density at radius 3 is 2.16 bits per heavy atom. The third-order valence-corrected chi connectivity index (χ3v) is 5.46. The first kappa shape index (κ1) is 24.2. The van der Waals surface area contributed by atoms with E-state index >= 15 is 0 Å². The van der Waals surface area contributed by atoms with Gasteiger partial charge in [-0.1, -0.05) is 64.6 Å². The molecule has 32 heavy (non-hydrogen) atoms. The number of carbonyl (C=O) groups is 1. The van der Waals surface area contributed by atoms with Crippen molar-refractivity contribution in [2.24, 2.45) is 0 Å². The predicted octanol–water partition coefficient (Wildman–Crippen LogP) is 7.58. The number of hydrogen-bond donors (Lipinski definition) is 2. The normalized spacial score (nSPS) is 11.3. The zero-order valence-electron chi connectivity index (χ0n) is 16.8. The Morgan fingerprint density at radius 2 is 1.56 bits per heavy atom. The Kier molecular flexibility index (Phi) is 7.59. The number of nitrogens with one attached hydrogen (secondary N) is 2. The van der Waals surface area contributed by atoms with Crippen molar-refractivity contribution >= 4 is 52.1 Å². The first-order valence-corrected chi connectivity index (χ1v) is 10.6. The summed E-state index contributed by atoms with van der Waals surface area (Å²) in [5.41, 5.74) is 2.60. The number of anilines is 2. The van der Waals surface area contributed by atoms with Gasteiger partial charge in [0.05, 0.1) is 27.7 Å². The minimum Gasteiger partial charge on any atom is -0.353 e. The predicted molar refractivity (Wildman–Crippen MR) is 123 cm³/mol. The highest BCUT2D eigenvalue weighted by Crippen LogP contribution is 2.36. The van der Waals surface area contributed by atoms with E-state index in [1.165, 1.54) is 12.1 Å². The van der Waals surface area contributed by atoms with E-state index in [0.29, 0.717) is 37.6 Å². The van der Waals surface area contributed by atoms with Gasteiger partial charge in [-0.25, -0.2) is 0 Å². The van der Waals surface area contributed by atoms with Gasteiger partial charge in [-0.3, -0.25) is 4.79 Å². The molecule has 0 bridgehead atoms. The molecule has 3 nitrogen and oxygen atoms in total. The van der Waals surface area contributed by atoms with Gasteiger partial charge >= 0.3 is 6.18 Å². The fraction of sp³-hybridized carbons (Fsp3) is 0.174. The van der Waals surface area contributed by atoms with Crippen LogP contribution in [0, 0.1) is 6.92 Å². The van der Waals surface area contributed by atoms with Crippen LogP contribution in [0.25, 0.3) is 0 Å². The molecule has 0 fully saturated rings. The maximum Gasteiger partial charge on any atom is 0.416 e. The van der Waals surface area contributed by atoms with Crippen molar-refractivity contribution in [1.29, 1.82) is 0 Å². The zero-order valence-corrected chi connectivity index (χ0v) is 19.1. The van der Waals surface area contributed by atoms with Gasteiger partial charge in [-0.2, -0.15) is 13.2 Å². The lowest BCUT2D eigenvalue weighted by atomic mass is 10.1. The topological polar surface area (TPSA) is 41.1 Å². The summed E-state index contributed by atoms with van der Waals surface area (Å²) in [5.74, 6) is -0.285. The smallest absolute Gasteiger partial charge is 0.353 e. The first-order valence-electron chi connectivity index (χ1n) is 9.47. The molecule has 0 radical (unpaired) electrons. The fourth-order valence-electron chi connectivity index (χ4n) is 3.03. The van der Waals surface area contributed by atoms with Crippen LogP contribution in [0.5, 0.6) is 0 Å². The second-order valence-corrected chi connectivity index (χ2v) is 8.43. The summed E-state index contributed by atoms with van der Waals surface area (Å²) in [4.78, 5) is 12.5. The molecule has 0 aliphatic carbocycles. The van der Waals surface area contributed by atoms with Gasteiger partial charge in [0, 0.05) is 17.3 Å². The van der Waals surface area contributed by atoms with Crippen LogP contribution in [0.4, 0.5) is 24.5 Å². The molecule has 3 aromatic carbocycles. The molecule has 2 N–H and O–H groups in total. The lowest BCUT2D eigenvalue weighted by Gasteiger charge is -2.16. The van der Waals surface area contributed by atoms with Crippen molar-refractivity contribution < 1.29 is 18.0 Å². The van der Waals surface area contributed by atoms with Gasteiger partial charge in [0.1, 0.15) is 0 Å². The molecule has 0 unspecified atom stereocenters. The van der Waals surface area contributed by atoms with Crippen molar-refractivity contribution in [3.8, 4) is 0 Å². The number of aryl methyl sites for hydroxylation is 1. The highest BCUT2D eigenvalue weighted by Gasteiger charge is 2.29. The van der Waals surface area contributed by atoms with Crippen molar-refractivity contribution in [2.45, 2.75) is 26.1 Å². The van der Waals surface area contributed by atoms with Crippen LogP contribution < -0.4 is 10.6 Å². The molecular weight excluding hydrogens is 484 g/mol. The molecule has 0 aliphatic heterocycles. The van der Waals surface area contributed by atoms with Crippen LogP contribution in [-0.2, 0) is 23.9 Å². The quantitative estimate of drug-likeness (QED) is 0.365. The summed E-state index contributed by atoms with van der Waals surface area (Å²) < 4.78 is 38.0. The maximum atomic E-state index is 12.7. The van der Waals surface area contributed by atoms with E-state index in [2.05, 4.69) is 10.6 Å². The summed E-state index contributed by atoms with van der Waals surface area (Å²) in [6, 6.07) is 13.3. The third kappa shape index (κ3) is 6.31. The summed E-state index contributed by atoms with van der Waals surface area (Å²) in [7, 11) is 0. The number of amides is 1. The molecule has 0 saturated heterocycles. The SMILES string of the molecule is Cc1ccc(Nc2c(Cl)cc(Cl)cc2Cl)c(CC(=O)NCc2ccc(C(F)(F)F)cc2)c1. The average Bonchev–Trinajstić information content (AvgIpc) is 2.70. The minimum atomic E-state index is -4.40. The highest BCUT2D eigenvalue weighted by atomic mass is 35.5. The van der Waals surface area contributed by atoms with Gasteiger partial charge in [0.25, 0.3) is 0 Å². The molecule has 0 aliphatic rings. The summed E-state index contributed by atoms with van der Waals surface area (Å²) in [5, 5.41) is 6.95. The molecule has 3 aromatic rings. The monoisotopic (exact) mass is 500 g/mol. The number of benzene rings is 3. The molecule has 3 rings (SSSR count). The molecule has 0 heterocycles. The van der Waals surface area contributed by atoms with Crippen LogP contribution >= 0.6 is 34.8 Å². The van der Waals surface area contributed by atoms with Crippen molar-refractivity contribution in [3.63, 3.8) is 0 Å². The first-order chi connectivity index (χ1) is 15.0. The molecule has 168 valence electrons. The number of hydrogen-bond acceptors (Lipinski definition) is 2. The second-order valence-electron chi connectivity index (χ2n) is 7.18. The molecule has 9 heteroatoms. The van der Waals surface area contributed by atoms with Gasteiger partial charge in [-0.05, 0) is 48.4 Å². The molecule has 0 aromatic heterocycles. The van der Waals surface area contributed by atoms with Crippen molar-refractivity contribution in [2.75, 3.05) is 5.32 Å². The summed E-state index contributed by atoms with van der Waals surface area (Å²) in [6.07, 6.45) is -4.35. The van der Waals surface area contributed by atoms with E-state index in [9.17, 15) is 18.0 Å². The second kappa shape index (κ2) is 10.0. The summed E-state index contributed by atoms with van der Waals surface area (Å²) >= 11 is 18.5. The highest BCUT2D eigenvalue weighted by molar-refractivity contribution is 6.41. The van der Waals surface area contributed by atoms with Gasteiger partial charge in [0.15, 0.2) is 0 Å². The van der Waals surface area contributed by atoms with Gasteiger partial charge < -0.3 is 10.6 Å². The van der Waals surface area contributed by atoms with E-state index in [4.69, 9.17) is 34.8 Å². The van der Waals surface area contributed by atoms with Crippen LogP contribution in [0.1, 0.15) is 22.3 Å². The van der Waals surface area contributed by atoms with E-state index < -0.39 is 11.7 Å². The van der Waals surface area contributed by atoms with E-state index in [-0.39, 0.29) is 18.9 Å². The molecule has 0 atom stereocenters. The average molecular weight is 502 g/mol. The lowest BCUT2D eigenvalue weighted by Crippen LogP contribution is -2.25. The van der Waals surface area contributed by atoms with Crippen LogP contribution in [0.3, 0.4) is 0 Å².